The molecule has 3 aromatic carbocycles. The van der Waals surface area contributed by atoms with Crippen LogP contribution in [0.1, 0.15) is 12.3 Å². The van der Waals surface area contributed by atoms with E-state index in [2.05, 4.69) is 60.7 Å². The zero-order valence-corrected chi connectivity index (χ0v) is 19.4. The number of hydrogen-bond donors (Lipinski definition) is 1. The third-order valence-corrected chi connectivity index (χ3v) is 7.09. The highest BCUT2D eigenvalue weighted by Crippen LogP contribution is 2.42. The van der Waals surface area contributed by atoms with Crippen molar-refractivity contribution in [3.05, 3.63) is 69.6 Å². The Labute approximate surface area is 184 Å². The molecule has 28 heavy (non-hydrogen) atoms. The third-order valence-electron chi connectivity index (χ3n) is 4.71. The van der Waals surface area contributed by atoms with Gasteiger partial charge in [-0.15, -0.1) is 0 Å². The Morgan fingerprint density at radius 1 is 0.893 bits per heavy atom. The smallest absolute Gasteiger partial charge is 0.118 e. The number of aliphatic hydroxyl groups excluding tert-OH is 1. The topological polar surface area (TPSA) is 34.4 Å². The Kier molecular flexibility index (Phi) is 5.74. The van der Waals surface area contributed by atoms with Crippen LogP contribution in [0.3, 0.4) is 0 Å². The van der Waals surface area contributed by atoms with Gasteiger partial charge in [-0.25, -0.2) is 0 Å². The number of fused-ring (bicyclic) bond motifs is 3. The molecule has 4 rings (SSSR count). The van der Waals surface area contributed by atoms with Crippen LogP contribution in [0, 0.1) is 0 Å². The molecule has 0 amide bonds. The largest absolute Gasteiger partial charge is 0.497 e. The van der Waals surface area contributed by atoms with Crippen molar-refractivity contribution in [2.45, 2.75) is 23.3 Å². The number of aliphatic hydroxyl groups is 1. The molecule has 0 saturated heterocycles. The summed E-state index contributed by atoms with van der Waals surface area (Å²) >= 11 is 8.83. The van der Waals surface area contributed by atoms with Gasteiger partial charge in [0.25, 0.3) is 0 Å². The number of thioether (sulfide) groups is 1. The fourth-order valence-electron chi connectivity index (χ4n) is 3.43. The fourth-order valence-corrected chi connectivity index (χ4v) is 5.26. The van der Waals surface area contributed by atoms with E-state index in [9.17, 15) is 5.11 Å². The molecule has 1 N–H and O–H groups in total. The van der Waals surface area contributed by atoms with E-state index in [-0.39, 0.29) is 5.37 Å². The van der Waals surface area contributed by atoms with E-state index in [0.29, 0.717) is 0 Å². The van der Waals surface area contributed by atoms with Crippen LogP contribution in [-0.2, 0) is 0 Å². The first kappa shape index (κ1) is 19.8. The quantitative estimate of drug-likeness (QED) is 0.288. The van der Waals surface area contributed by atoms with Gasteiger partial charge in [-0.2, -0.15) is 0 Å². The lowest BCUT2D eigenvalue weighted by atomic mass is 10.2. The Morgan fingerprint density at radius 3 is 1.89 bits per heavy atom. The van der Waals surface area contributed by atoms with Crippen molar-refractivity contribution in [2.75, 3.05) is 7.11 Å². The molecule has 1 heterocycles. The van der Waals surface area contributed by atoms with Gasteiger partial charge in [0, 0.05) is 24.6 Å². The average Bonchev–Trinajstić information content (AvgIpc) is 2.99. The molecule has 0 spiro atoms. The van der Waals surface area contributed by atoms with Gasteiger partial charge < -0.3 is 14.4 Å². The lowest BCUT2D eigenvalue weighted by Crippen LogP contribution is -2.18. The summed E-state index contributed by atoms with van der Waals surface area (Å²) in [6.45, 7) is 1.84. The van der Waals surface area contributed by atoms with Crippen LogP contribution in [0.25, 0.3) is 21.8 Å². The van der Waals surface area contributed by atoms with E-state index >= 15 is 0 Å². The molecule has 2 atom stereocenters. The molecular formula is C22H19Br2NO2S. The predicted molar refractivity (Wildman–Crippen MR) is 124 cm³/mol. The number of hydrogen-bond acceptors (Lipinski definition) is 3. The zero-order valence-electron chi connectivity index (χ0n) is 15.4. The molecule has 2 unspecified atom stereocenters. The first-order chi connectivity index (χ1) is 13.5. The third kappa shape index (κ3) is 3.71. The molecular weight excluding hydrogens is 502 g/mol. The Balaban J connectivity index is 1.89. The molecule has 0 radical (unpaired) electrons. The lowest BCUT2D eigenvalue weighted by molar-refractivity contribution is 0.172. The molecule has 4 aromatic rings. The first-order valence-corrected chi connectivity index (χ1v) is 11.3. The minimum atomic E-state index is -0.543. The summed E-state index contributed by atoms with van der Waals surface area (Å²) in [5, 5.41) is 12.8. The van der Waals surface area contributed by atoms with Crippen LogP contribution in [0.2, 0.25) is 0 Å². The molecule has 1 aromatic heterocycles. The Bertz CT molecular complexity index is 1080. The van der Waals surface area contributed by atoms with E-state index in [1.807, 2.05) is 43.3 Å². The van der Waals surface area contributed by atoms with Gasteiger partial charge in [0.2, 0.25) is 0 Å². The summed E-state index contributed by atoms with van der Waals surface area (Å²) in [6.07, 6.45) is -0.543. The average molecular weight is 521 g/mol. The summed E-state index contributed by atoms with van der Waals surface area (Å²) < 4.78 is 9.57. The SMILES string of the molecule is COc1ccc(SC(C(C)O)n2c3ccc(Br)cc3c3cc(Br)ccc32)cc1. The van der Waals surface area contributed by atoms with Gasteiger partial charge in [-0.1, -0.05) is 43.6 Å². The molecule has 0 fully saturated rings. The number of aromatic nitrogens is 1. The van der Waals surface area contributed by atoms with Crippen molar-refractivity contribution < 1.29 is 9.84 Å². The van der Waals surface area contributed by atoms with Crippen LogP contribution in [0.4, 0.5) is 0 Å². The standard InChI is InChI=1S/C22H19Br2NO2S/c1-13(26)22(28-17-7-5-16(27-2)6-8-17)25-20-9-3-14(23)11-18(20)19-12-15(24)4-10-21(19)25/h3-13,22,26H,1-2H3. The summed E-state index contributed by atoms with van der Waals surface area (Å²) in [4.78, 5) is 1.08. The van der Waals surface area contributed by atoms with E-state index in [1.165, 1.54) is 0 Å². The predicted octanol–water partition coefficient (Wildman–Crippen LogP) is 7.00. The number of rotatable bonds is 5. The maximum atomic E-state index is 10.7. The van der Waals surface area contributed by atoms with E-state index in [4.69, 9.17) is 4.74 Å². The van der Waals surface area contributed by atoms with Crippen molar-refractivity contribution in [1.29, 1.82) is 0 Å². The summed E-state index contributed by atoms with van der Waals surface area (Å²) in [5.41, 5.74) is 2.20. The fraction of sp³-hybridized carbons (Fsp3) is 0.182. The summed E-state index contributed by atoms with van der Waals surface area (Å²) in [6, 6.07) is 20.5. The maximum Gasteiger partial charge on any atom is 0.118 e. The highest BCUT2D eigenvalue weighted by molar-refractivity contribution is 9.10. The zero-order chi connectivity index (χ0) is 19.8. The highest BCUT2D eigenvalue weighted by atomic mass is 79.9. The van der Waals surface area contributed by atoms with Crippen LogP contribution < -0.4 is 4.74 Å². The monoisotopic (exact) mass is 519 g/mol. The number of ether oxygens (including phenoxy) is 1. The van der Waals surface area contributed by atoms with Crippen LogP contribution in [0.15, 0.2) is 74.5 Å². The van der Waals surface area contributed by atoms with E-state index in [0.717, 1.165) is 41.4 Å². The second kappa shape index (κ2) is 8.11. The first-order valence-electron chi connectivity index (χ1n) is 8.85. The molecule has 0 aliphatic carbocycles. The van der Waals surface area contributed by atoms with Crippen molar-refractivity contribution in [3.63, 3.8) is 0 Å². The number of nitrogens with zero attached hydrogens (tertiary/aromatic N) is 1. The van der Waals surface area contributed by atoms with Crippen molar-refractivity contribution >= 4 is 65.4 Å². The van der Waals surface area contributed by atoms with Crippen molar-refractivity contribution in [1.82, 2.24) is 4.57 Å². The molecule has 6 heteroatoms. The van der Waals surface area contributed by atoms with Gasteiger partial charge in [0.05, 0.1) is 24.2 Å². The Hall–Kier alpha value is -1.47. The van der Waals surface area contributed by atoms with Crippen LogP contribution in [-0.4, -0.2) is 22.9 Å². The van der Waals surface area contributed by atoms with Gasteiger partial charge in [-0.05, 0) is 67.6 Å². The molecule has 0 aliphatic rings. The lowest BCUT2D eigenvalue weighted by Gasteiger charge is -2.24. The van der Waals surface area contributed by atoms with Crippen LogP contribution in [0.5, 0.6) is 5.75 Å². The van der Waals surface area contributed by atoms with Crippen molar-refractivity contribution in [3.8, 4) is 5.75 Å². The minimum absolute atomic E-state index is 0.171. The Morgan fingerprint density at radius 2 is 1.43 bits per heavy atom. The molecule has 0 bridgehead atoms. The minimum Gasteiger partial charge on any atom is -0.497 e. The highest BCUT2D eigenvalue weighted by Gasteiger charge is 2.24. The molecule has 144 valence electrons. The second-order valence-corrected chi connectivity index (χ2v) is 9.64. The van der Waals surface area contributed by atoms with E-state index < -0.39 is 6.10 Å². The second-order valence-electron chi connectivity index (χ2n) is 6.62. The van der Waals surface area contributed by atoms with Gasteiger partial charge >= 0.3 is 0 Å². The number of methoxy groups -OCH3 is 1. The normalized spacial score (nSPS) is 13.8. The number of benzene rings is 3. The molecule has 0 aliphatic heterocycles. The number of halogens is 2. The van der Waals surface area contributed by atoms with E-state index in [1.54, 1.807) is 18.9 Å². The molecule has 0 saturated carbocycles. The van der Waals surface area contributed by atoms with Gasteiger partial charge in [-0.3, -0.25) is 0 Å². The maximum absolute atomic E-state index is 10.7. The van der Waals surface area contributed by atoms with Crippen LogP contribution >= 0.6 is 43.6 Å². The van der Waals surface area contributed by atoms with Gasteiger partial charge in [0.1, 0.15) is 11.1 Å². The summed E-state index contributed by atoms with van der Waals surface area (Å²) in [7, 11) is 1.66. The van der Waals surface area contributed by atoms with Crippen molar-refractivity contribution in [2.24, 2.45) is 0 Å². The van der Waals surface area contributed by atoms with Gasteiger partial charge in [0.15, 0.2) is 0 Å². The molecule has 3 nitrogen and oxygen atoms in total. The summed E-state index contributed by atoms with van der Waals surface area (Å²) in [5.74, 6) is 0.824.